The molecule has 0 fully saturated rings. The maximum absolute atomic E-state index is 12.8. The van der Waals surface area contributed by atoms with E-state index in [4.69, 9.17) is 41.0 Å². The Kier molecular flexibility index (Phi) is 7.99. The van der Waals surface area contributed by atoms with Crippen LogP contribution >= 0.6 is 11.6 Å². The van der Waals surface area contributed by atoms with E-state index in [-0.39, 0.29) is 22.8 Å². The number of carbonyl (C=O) groups is 1. The van der Waals surface area contributed by atoms with Gasteiger partial charge in [0.15, 0.2) is 11.5 Å². The summed E-state index contributed by atoms with van der Waals surface area (Å²) in [6.07, 6.45) is 0. The molecule has 5 rings (SSSR count). The molecule has 0 bridgehead atoms. The summed E-state index contributed by atoms with van der Waals surface area (Å²) in [6, 6.07) is 26.7. The molecule has 0 saturated heterocycles. The fraction of sp³-hybridized carbons (Fsp3) is 0.125. The second kappa shape index (κ2) is 11.9. The highest BCUT2D eigenvalue weighted by molar-refractivity contribution is 6.30. The lowest BCUT2D eigenvalue weighted by Crippen LogP contribution is -2.21. The number of hydrogen-bond donors (Lipinski definition) is 1. The van der Waals surface area contributed by atoms with Crippen LogP contribution < -0.4 is 29.4 Å². The number of fused-ring (bicyclic) bond motifs is 1. The Balaban J connectivity index is 1.43. The lowest BCUT2D eigenvalue weighted by molar-refractivity contribution is 0.0731. The molecule has 0 saturated carbocycles. The highest BCUT2D eigenvalue weighted by Gasteiger charge is 2.32. The molecule has 41 heavy (non-hydrogen) atoms. The van der Waals surface area contributed by atoms with Crippen LogP contribution in [0, 0.1) is 11.3 Å². The zero-order valence-corrected chi connectivity index (χ0v) is 23.0. The Morgan fingerprint density at radius 3 is 2.44 bits per heavy atom. The number of esters is 1. The second-order valence-electron chi connectivity index (χ2n) is 9.04. The number of para-hydroxylation sites is 1. The summed E-state index contributed by atoms with van der Waals surface area (Å²) in [5, 5.41) is 10.6. The van der Waals surface area contributed by atoms with E-state index < -0.39 is 11.9 Å². The summed E-state index contributed by atoms with van der Waals surface area (Å²) >= 11 is 5.97. The third kappa shape index (κ3) is 5.76. The van der Waals surface area contributed by atoms with Crippen molar-refractivity contribution in [3.63, 3.8) is 0 Å². The lowest BCUT2D eigenvalue weighted by Gasteiger charge is -2.27. The average molecular weight is 569 g/mol. The summed E-state index contributed by atoms with van der Waals surface area (Å²) in [5.41, 5.74) is 9.06. The predicted molar refractivity (Wildman–Crippen MR) is 152 cm³/mol. The van der Waals surface area contributed by atoms with E-state index in [0.717, 1.165) is 11.1 Å². The van der Waals surface area contributed by atoms with E-state index in [1.54, 1.807) is 73.8 Å². The fourth-order valence-corrected chi connectivity index (χ4v) is 4.67. The minimum Gasteiger partial charge on any atom is -0.496 e. The van der Waals surface area contributed by atoms with Crippen LogP contribution in [0.5, 0.6) is 28.7 Å². The molecule has 2 N–H and O–H groups in total. The van der Waals surface area contributed by atoms with E-state index in [1.165, 1.54) is 7.11 Å². The molecule has 4 aromatic rings. The van der Waals surface area contributed by atoms with Gasteiger partial charge in [0, 0.05) is 16.7 Å². The number of ether oxygens (including phenoxy) is 5. The Labute approximate surface area is 242 Å². The highest BCUT2D eigenvalue weighted by atomic mass is 35.5. The number of methoxy groups -OCH3 is 2. The standard InChI is InChI=1S/C32H25ClN2O6/c1-37-26-6-4-3-5-24(26)32(36)40-22-12-13-23-28(16-22)41-31(35)25(17-34)30(23)20-9-14-27(29(15-20)38-2)39-18-19-7-10-21(33)11-8-19/h3-16,30H,18,35H2,1-2H3. The van der Waals surface area contributed by atoms with E-state index in [2.05, 4.69) is 6.07 Å². The molecule has 0 spiro atoms. The number of benzene rings is 4. The van der Waals surface area contributed by atoms with Crippen molar-refractivity contribution in [2.45, 2.75) is 12.5 Å². The van der Waals surface area contributed by atoms with Crippen LogP contribution in [0.3, 0.4) is 0 Å². The first-order chi connectivity index (χ1) is 19.9. The number of rotatable bonds is 8. The third-order valence-electron chi connectivity index (χ3n) is 6.56. The van der Waals surface area contributed by atoms with Crippen LogP contribution in [0.15, 0.2) is 96.4 Å². The largest absolute Gasteiger partial charge is 0.496 e. The molecule has 0 amide bonds. The summed E-state index contributed by atoms with van der Waals surface area (Å²) in [7, 11) is 3.03. The first-order valence-corrected chi connectivity index (χ1v) is 12.9. The number of nitrogens with zero attached hydrogens (tertiary/aromatic N) is 1. The molecule has 0 aliphatic carbocycles. The number of hydrogen-bond acceptors (Lipinski definition) is 8. The van der Waals surface area contributed by atoms with Gasteiger partial charge in [-0.25, -0.2) is 4.79 Å². The Morgan fingerprint density at radius 2 is 1.71 bits per heavy atom. The molecular formula is C32H25ClN2O6. The SMILES string of the molecule is COc1cc(C2C(C#N)=C(N)Oc3cc(OC(=O)c4ccccc4OC)ccc32)ccc1OCc1ccc(Cl)cc1. The van der Waals surface area contributed by atoms with Crippen molar-refractivity contribution < 1.29 is 28.5 Å². The topological polar surface area (TPSA) is 113 Å². The van der Waals surface area contributed by atoms with Gasteiger partial charge in [-0.2, -0.15) is 5.26 Å². The van der Waals surface area contributed by atoms with Crippen molar-refractivity contribution >= 4 is 17.6 Å². The molecule has 9 heteroatoms. The van der Waals surface area contributed by atoms with E-state index in [1.807, 2.05) is 18.2 Å². The molecule has 1 atom stereocenters. The van der Waals surface area contributed by atoms with Gasteiger partial charge in [-0.3, -0.25) is 0 Å². The summed E-state index contributed by atoms with van der Waals surface area (Å²) in [6.45, 7) is 0.319. The molecule has 206 valence electrons. The molecule has 0 aromatic heterocycles. The van der Waals surface area contributed by atoms with Gasteiger partial charge >= 0.3 is 5.97 Å². The molecule has 1 heterocycles. The molecule has 1 aliphatic heterocycles. The van der Waals surface area contributed by atoms with Crippen molar-refractivity contribution in [3.8, 4) is 34.8 Å². The highest BCUT2D eigenvalue weighted by Crippen LogP contribution is 2.45. The van der Waals surface area contributed by atoms with Gasteiger partial charge in [0.2, 0.25) is 5.88 Å². The van der Waals surface area contributed by atoms with Gasteiger partial charge in [-0.15, -0.1) is 0 Å². The second-order valence-corrected chi connectivity index (χ2v) is 9.48. The molecule has 0 radical (unpaired) electrons. The maximum atomic E-state index is 12.8. The summed E-state index contributed by atoms with van der Waals surface area (Å²) in [5.74, 6) is 0.841. The first-order valence-electron chi connectivity index (χ1n) is 12.5. The van der Waals surface area contributed by atoms with Gasteiger partial charge in [0.1, 0.15) is 41.1 Å². The van der Waals surface area contributed by atoms with Crippen LogP contribution in [0.1, 0.15) is 33.0 Å². The smallest absolute Gasteiger partial charge is 0.347 e. The maximum Gasteiger partial charge on any atom is 0.347 e. The molecule has 1 aliphatic rings. The molecular weight excluding hydrogens is 544 g/mol. The van der Waals surface area contributed by atoms with Crippen molar-refractivity contribution in [2.24, 2.45) is 5.73 Å². The monoisotopic (exact) mass is 568 g/mol. The zero-order chi connectivity index (χ0) is 28.9. The van der Waals surface area contributed by atoms with Gasteiger partial charge < -0.3 is 29.4 Å². The fourth-order valence-electron chi connectivity index (χ4n) is 4.54. The summed E-state index contributed by atoms with van der Waals surface area (Å²) < 4.78 is 28.3. The van der Waals surface area contributed by atoms with E-state index >= 15 is 0 Å². The van der Waals surface area contributed by atoms with Crippen LogP contribution in [-0.4, -0.2) is 20.2 Å². The average Bonchev–Trinajstić information content (AvgIpc) is 2.99. The molecule has 4 aromatic carbocycles. The molecule has 8 nitrogen and oxygen atoms in total. The Bertz CT molecular complexity index is 1680. The number of nitrogens with two attached hydrogens (primary N) is 1. The van der Waals surface area contributed by atoms with Gasteiger partial charge in [0.05, 0.1) is 20.1 Å². The minimum absolute atomic E-state index is 0.0414. The first kappa shape index (κ1) is 27.4. The number of halogens is 1. The quantitative estimate of drug-likeness (QED) is 0.193. The van der Waals surface area contributed by atoms with Crippen LogP contribution in [-0.2, 0) is 6.61 Å². The zero-order valence-electron chi connectivity index (χ0n) is 22.2. The van der Waals surface area contributed by atoms with Crippen LogP contribution in [0.4, 0.5) is 0 Å². The third-order valence-corrected chi connectivity index (χ3v) is 6.81. The number of carbonyl (C=O) groups excluding carboxylic acids is 1. The number of allylic oxidation sites excluding steroid dienone is 1. The minimum atomic E-state index is -0.588. The Hall–Kier alpha value is -5.13. The van der Waals surface area contributed by atoms with E-state index in [0.29, 0.717) is 40.2 Å². The summed E-state index contributed by atoms with van der Waals surface area (Å²) in [4.78, 5) is 12.8. The number of nitriles is 1. The molecule has 1 unspecified atom stereocenters. The van der Waals surface area contributed by atoms with Crippen LogP contribution in [0.2, 0.25) is 5.02 Å². The van der Waals surface area contributed by atoms with Gasteiger partial charge in [-0.05, 0) is 53.6 Å². The van der Waals surface area contributed by atoms with Crippen molar-refractivity contribution in [3.05, 3.63) is 124 Å². The normalized spacial score (nSPS) is 13.9. The predicted octanol–water partition coefficient (Wildman–Crippen LogP) is 6.37. The Morgan fingerprint density at radius 1 is 0.951 bits per heavy atom. The van der Waals surface area contributed by atoms with Crippen molar-refractivity contribution in [1.29, 1.82) is 5.26 Å². The van der Waals surface area contributed by atoms with Crippen molar-refractivity contribution in [1.82, 2.24) is 0 Å². The van der Waals surface area contributed by atoms with Gasteiger partial charge in [0.25, 0.3) is 0 Å². The van der Waals surface area contributed by atoms with E-state index in [9.17, 15) is 10.1 Å². The van der Waals surface area contributed by atoms with Gasteiger partial charge in [-0.1, -0.05) is 48.0 Å². The van der Waals surface area contributed by atoms with Crippen molar-refractivity contribution in [2.75, 3.05) is 14.2 Å². The lowest BCUT2D eigenvalue weighted by atomic mass is 9.83. The van der Waals surface area contributed by atoms with Crippen LogP contribution in [0.25, 0.3) is 0 Å².